The van der Waals surface area contributed by atoms with E-state index in [1.54, 1.807) is 43.2 Å². The molecule has 1 fully saturated rings. The fourth-order valence-corrected chi connectivity index (χ4v) is 2.64. The Labute approximate surface area is 110 Å². The number of thiazole rings is 1. The Balaban J connectivity index is 2.09. The first kappa shape index (κ1) is 13.0. The van der Waals surface area contributed by atoms with E-state index >= 15 is 0 Å². The number of nitrogens with one attached hydrogen (secondary N) is 1. The van der Waals surface area contributed by atoms with Gasteiger partial charge in [0.15, 0.2) is 0 Å². The van der Waals surface area contributed by atoms with Crippen LogP contribution < -0.4 is 5.32 Å². The molecule has 0 saturated carbocycles. The number of nitrogens with zero attached hydrogens (tertiary/aromatic N) is 2. The van der Waals surface area contributed by atoms with Gasteiger partial charge in [0.05, 0.1) is 5.01 Å². The van der Waals surface area contributed by atoms with Crippen molar-refractivity contribution >= 4 is 23.2 Å². The Hall–Kier alpha value is -1.43. The number of hydrogen-bond acceptors (Lipinski definition) is 4. The molecule has 5 nitrogen and oxygen atoms in total. The summed E-state index contributed by atoms with van der Waals surface area (Å²) in [5.74, 6) is -0.134. The molecule has 1 saturated heterocycles. The second-order valence-electron chi connectivity index (χ2n) is 4.96. The van der Waals surface area contributed by atoms with E-state index in [1.165, 1.54) is 0 Å². The quantitative estimate of drug-likeness (QED) is 0.881. The second kappa shape index (κ2) is 4.68. The predicted octanol–water partition coefficient (Wildman–Crippen LogP) is 0.811. The lowest BCUT2D eigenvalue weighted by Crippen LogP contribution is -2.67. The van der Waals surface area contributed by atoms with Crippen molar-refractivity contribution in [1.82, 2.24) is 15.2 Å². The summed E-state index contributed by atoms with van der Waals surface area (Å²) in [5, 5.41) is 5.63. The molecule has 1 atom stereocenters. The van der Waals surface area contributed by atoms with Crippen LogP contribution in [0.25, 0.3) is 0 Å². The van der Waals surface area contributed by atoms with Crippen molar-refractivity contribution in [2.45, 2.75) is 38.8 Å². The highest BCUT2D eigenvalue weighted by atomic mass is 32.1. The minimum absolute atomic E-state index is 0.0360. The Morgan fingerprint density at radius 2 is 2.22 bits per heavy atom. The molecular formula is C12H17N3O2S. The van der Waals surface area contributed by atoms with E-state index in [2.05, 4.69) is 10.3 Å². The fraction of sp³-hybridized carbons (Fsp3) is 0.583. The number of hydrogen-bond donors (Lipinski definition) is 1. The number of aromatic nitrogens is 1. The molecule has 0 aliphatic carbocycles. The van der Waals surface area contributed by atoms with Crippen LogP contribution in [0.15, 0.2) is 11.6 Å². The van der Waals surface area contributed by atoms with Gasteiger partial charge in [0, 0.05) is 24.5 Å². The highest BCUT2D eigenvalue weighted by molar-refractivity contribution is 7.09. The first-order valence-electron chi connectivity index (χ1n) is 5.93. The van der Waals surface area contributed by atoms with Crippen LogP contribution in [0.1, 0.15) is 25.8 Å². The van der Waals surface area contributed by atoms with Crippen molar-refractivity contribution in [1.29, 1.82) is 0 Å². The summed E-state index contributed by atoms with van der Waals surface area (Å²) in [7, 11) is 0. The van der Waals surface area contributed by atoms with E-state index in [9.17, 15) is 9.59 Å². The van der Waals surface area contributed by atoms with Gasteiger partial charge in [-0.15, -0.1) is 11.3 Å². The van der Waals surface area contributed by atoms with E-state index in [1.807, 2.05) is 5.38 Å². The van der Waals surface area contributed by atoms with Gasteiger partial charge in [0.25, 0.3) is 0 Å². The molecule has 0 aromatic carbocycles. The highest BCUT2D eigenvalue weighted by Gasteiger charge is 2.42. The molecule has 0 spiro atoms. The summed E-state index contributed by atoms with van der Waals surface area (Å²) < 4.78 is 0. The summed E-state index contributed by atoms with van der Waals surface area (Å²) in [6.45, 7) is 5.75. The van der Waals surface area contributed by atoms with E-state index < -0.39 is 11.6 Å². The van der Waals surface area contributed by atoms with Crippen LogP contribution >= 0.6 is 11.3 Å². The zero-order valence-electron chi connectivity index (χ0n) is 10.8. The molecule has 1 unspecified atom stereocenters. The predicted molar refractivity (Wildman–Crippen MR) is 69.2 cm³/mol. The van der Waals surface area contributed by atoms with Gasteiger partial charge in [-0.1, -0.05) is 0 Å². The Morgan fingerprint density at radius 1 is 1.50 bits per heavy atom. The van der Waals surface area contributed by atoms with E-state index in [4.69, 9.17) is 0 Å². The molecule has 18 heavy (non-hydrogen) atoms. The van der Waals surface area contributed by atoms with Crippen LogP contribution in [0, 0.1) is 0 Å². The largest absolute Gasteiger partial charge is 0.340 e. The van der Waals surface area contributed by atoms with Gasteiger partial charge in [-0.05, 0) is 20.8 Å². The summed E-state index contributed by atoms with van der Waals surface area (Å²) >= 11 is 1.57. The third-order valence-corrected chi connectivity index (χ3v) is 3.97. The average molecular weight is 267 g/mol. The maximum absolute atomic E-state index is 12.3. The number of carbonyl (C=O) groups is 2. The van der Waals surface area contributed by atoms with Crippen molar-refractivity contribution in [2.75, 3.05) is 6.54 Å². The molecule has 1 aliphatic rings. The van der Waals surface area contributed by atoms with Crippen LogP contribution in [0.4, 0.5) is 0 Å². The monoisotopic (exact) mass is 267 g/mol. The van der Waals surface area contributed by atoms with Gasteiger partial charge < -0.3 is 10.2 Å². The minimum atomic E-state index is -0.813. The summed E-state index contributed by atoms with van der Waals surface area (Å²) in [4.78, 5) is 29.9. The van der Waals surface area contributed by atoms with Gasteiger partial charge in [-0.3, -0.25) is 9.59 Å². The van der Waals surface area contributed by atoms with Crippen LogP contribution in [-0.2, 0) is 16.0 Å². The molecule has 98 valence electrons. The Kier molecular flexibility index (Phi) is 3.38. The first-order chi connectivity index (χ1) is 8.42. The molecule has 0 bridgehead atoms. The van der Waals surface area contributed by atoms with E-state index in [0.717, 1.165) is 5.01 Å². The van der Waals surface area contributed by atoms with Crippen molar-refractivity contribution in [2.24, 2.45) is 0 Å². The molecule has 2 heterocycles. The molecule has 2 amide bonds. The maximum Gasteiger partial charge on any atom is 0.248 e. The summed E-state index contributed by atoms with van der Waals surface area (Å²) in [6, 6.07) is -0.412. The molecule has 6 heteroatoms. The lowest BCUT2D eigenvalue weighted by atomic mass is 9.97. The Morgan fingerprint density at radius 3 is 2.83 bits per heavy atom. The number of piperazine rings is 1. The van der Waals surface area contributed by atoms with Crippen LogP contribution in [0.5, 0.6) is 0 Å². The highest BCUT2D eigenvalue weighted by Crippen LogP contribution is 2.18. The third-order valence-electron chi connectivity index (χ3n) is 3.13. The number of carbonyl (C=O) groups excluding carboxylic acids is 2. The SMILES string of the molecule is CC1C(=O)NC(C)(C)C(=O)N1CCc1nccs1. The van der Waals surface area contributed by atoms with E-state index in [0.29, 0.717) is 13.0 Å². The maximum atomic E-state index is 12.3. The topological polar surface area (TPSA) is 62.3 Å². The fourth-order valence-electron chi connectivity index (χ4n) is 2.03. The first-order valence-corrected chi connectivity index (χ1v) is 6.81. The third kappa shape index (κ3) is 2.38. The normalized spacial score (nSPS) is 23.1. The molecule has 2 rings (SSSR count). The summed E-state index contributed by atoms with van der Waals surface area (Å²) in [6.07, 6.45) is 2.44. The summed E-state index contributed by atoms with van der Waals surface area (Å²) in [5.41, 5.74) is -0.813. The van der Waals surface area contributed by atoms with Crippen molar-refractivity contribution in [3.05, 3.63) is 16.6 Å². The van der Waals surface area contributed by atoms with Crippen molar-refractivity contribution < 1.29 is 9.59 Å². The van der Waals surface area contributed by atoms with Crippen molar-refractivity contribution in [3.63, 3.8) is 0 Å². The minimum Gasteiger partial charge on any atom is -0.340 e. The van der Waals surface area contributed by atoms with Crippen molar-refractivity contribution in [3.8, 4) is 0 Å². The van der Waals surface area contributed by atoms with Crippen LogP contribution in [-0.4, -0.2) is 39.8 Å². The zero-order chi connectivity index (χ0) is 13.3. The molecule has 0 radical (unpaired) electrons. The molecule has 1 N–H and O–H groups in total. The smallest absolute Gasteiger partial charge is 0.248 e. The van der Waals surface area contributed by atoms with E-state index in [-0.39, 0.29) is 11.8 Å². The van der Waals surface area contributed by atoms with Crippen LogP contribution in [0.3, 0.4) is 0 Å². The number of amides is 2. The average Bonchev–Trinajstić information content (AvgIpc) is 2.79. The van der Waals surface area contributed by atoms with Gasteiger partial charge in [0.1, 0.15) is 11.6 Å². The lowest BCUT2D eigenvalue weighted by Gasteiger charge is -2.41. The van der Waals surface area contributed by atoms with Crippen LogP contribution in [0.2, 0.25) is 0 Å². The van der Waals surface area contributed by atoms with Gasteiger partial charge in [0.2, 0.25) is 11.8 Å². The lowest BCUT2D eigenvalue weighted by molar-refractivity contribution is -0.152. The number of rotatable bonds is 3. The van der Waals surface area contributed by atoms with Gasteiger partial charge >= 0.3 is 0 Å². The van der Waals surface area contributed by atoms with Gasteiger partial charge in [-0.2, -0.15) is 0 Å². The zero-order valence-corrected chi connectivity index (χ0v) is 11.6. The van der Waals surface area contributed by atoms with Gasteiger partial charge in [-0.25, -0.2) is 4.98 Å². The molecule has 1 aromatic rings. The molecule has 1 aromatic heterocycles. The standard InChI is InChI=1S/C12H17N3O2S/c1-8-10(16)14-12(2,3)11(17)15(8)6-4-9-13-5-7-18-9/h5,7-8H,4,6H2,1-3H3,(H,14,16). The molecule has 1 aliphatic heterocycles. The second-order valence-corrected chi connectivity index (χ2v) is 5.94. The Bertz CT molecular complexity index is 456. The molecular weight excluding hydrogens is 250 g/mol.